The second-order valence-corrected chi connectivity index (χ2v) is 22.4. The highest BCUT2D eigenvalue weighted by atomic mass is 19.1. The lowest BCUT2D eigenvalue weighted by Crippen LogP contribution is -2.60. The molecule has 5 N–H and O–H groups in total. The summed E-state index contributed by atoms with van der Waals surface area (Å²) in [4.78, 5) is 76.7. The average molecular weight is 1010 g/mol. The van der Waals surface area contributed by atoms with Crippen LogP contribution in [-0.2, 0) is 36.8 Å². The summed E-state index contributed by atoms with van der Waals surface area (Å²) < 4.78 is 29.5. The Morgan fingerprint density at radius 2 is 1.07 bits per heavy atom. The predicted octanol–water partition coefficient (Wildman–Crippen LogP) is 6.58. The minimum atomic E-state index is -0.944. The van der Waals surface area contributed by atoms with E-state index in [0.717, 1.165) is 51.4 Å². The first-order valence-electron chi connectivity index (χ1n) is 26.8. The summed E-state index contributed by atoms with van der Waals surface area (Å²) in [5.74, 6) is -1.22. The Morgan fingerprint density at radius 3 is 1.47 bits per heavy atom. The van der Waals surface area contributed by atoms with Crippen LogP contribution in [0.4, 0.5) is 8.78 Å². The number of carbonyl (C=O) groups is 5. The molecule has 0 saturated carbocycles. The van der Waals surface area contributed by atoms with Crippen molar-refractivity contribution >= 4 is 29.5 Å². The molecule has 2 heterocycles. The van der Waals surface area contributed by atoms with Gasteiger partial charge in [0.15, 0.2) is 0 Å². The largest absolute Gasteiger partial charge is 0.377 e. The van der Waals surface area contributed by atoms with E-state index in [1.807, 2.05) is 58.3 Å². The normalized spacial score (nSPS) is 18.3. The Hall–Kier alpha value is -4.51. The van der Waals surface area contributed by atoms with Crippen LogP contribution in [0.5, 0.6) is 0 Å². The van der Waals surface area contributed by atoms with Crippen molar-refractivity contribution in [1.29, 1.82) is 0 Å². The number of aliphatic hydroxyl groups excluding tert-OH is 1. The smallest absolute Gasteiger partial charge is 0.246 e. The van der Waals surface area contributed by atoms with Gasteiger partial charge in [0.2, 0.25) is 29.5 Å². The number of nitrogens with one attached hydrogen (secondary N) is 4. The highest BCUT2D eigenvalue weighted by molar-refractivity contribution is 5.90. The van der Waals surface area contributed by atoms with E-state index in [4.69, 9.17) is 0 Å². The van der Waals surface area contributed by atoms with Crippen LogP contribution in [0.25, 0.3) is 0 Å². The van der Waals surface area contributed by atoms with E-state index in [1.54, 1.807) is 67.2 Å². The zero-order valence-electron chi connectivity index (χ0n) is 45.3. The maximum absolute atomic E-state index is 14.8. The maximum atomic E-state index is 14.8. The quantitative estimate of drug-likeness (QED) is 0.0468. The van der Waals surface area contributed by atoms with Crippen LogP contribution < -0.4 is 21.3 Å². The molecule has 2 aromatic carbocycles. The molecule has 5 amide bonds. The van der Waals surface area contributed by atoms with Gasteiger partial charge in [-0.2, -0.15) is 0 Å². The Labute approximate surface area is 430 Å². The van der Waals surface area contributed by atoms with Crippen LogP contribution in [0.3, 0.4) is 0 Å². The number of nitrogens with zero attached hydrogens (tertiary/aromatic N) is 4. The Kier molecular flexibility index (Phi) is 24.0. The van der Waals surface area contributed by atoms with E-state index in [2.05, 4.69) is 21.3 Å². The van der Waals surface area contributed by atoms with E-state index >= 15 is 0 Å². The number of likely N-dealkylation sites (N-methyl/N-ethyl adjacent to an activating group) is 2. The zero-order chi connectivity index (χ0) is 53.2. The maximum Gasteiger partial charge on any atom is 0.246 e. The molecule has 0 radical (unpaired) electrons. The summed E-state index contributed by atoms with van der Waals surface area (Å²) in [5.41, 5.74) is 0.0130. The van der Waals surface area contributed by atoms with Crippen molar-refractivity contribution in [3.05, 3.63) is 71.3 Å². The first-order chi connectivity index (χ1) is 34.1. The number of benzene rings is 2. The van der Waals surface area contributed by atoms with E-state index in [9.17, 15) is 37.9 Å². The molecule has 72 heavy (non-hydrogen) atoms. The van der Waals surface area contributed by atoms with Gasteiger partial charge in [-0.1, -0.05) is 104 Å². The second-order valence-electron chi connectivity index (χ2n) is 22.4. The topological polar surface area (TPSA) is 167 Å². The van der Waals surface area contributed by atoms with Crippen molar-refractivity contribution in [2.45, 2.75) is 188 Å². The van der Waals surface area contributed by atoms with Crippen molar-refractivity contribution in [1.82, 2.24) is 40.9 Å². The number of unbranched alkanes of at least 4 members (excludes halogenated alkanes) is 5. The Balaban J connectivity index is 1.33. The molecule has 2 aliphatic heterocycles. The lowest BCUT2D eigenvalue weighted by atomic mass is 9.85. The van der Waals surface area contributed by atoms with Crippen molar-refractivity contribution in [3.63, 3.8) is 0 Å². The molecule has 7 atom stereocenters. The van der Waals surface area contributed by atoms with Gasteiger partial charge in [-0.25, -0.2) is 8.78 Å². The summed E-state index contributed by atoms with van der Waals surface area (Å²) >= 11 is 0. The van der Waals surface area contributed by atoms with Gasteiger partial charge in [-0.3, -0.25) is 29.3 Å². The van der Waals surface area contributed by atoms with Crippen molar-refractivity contribution in [2.24, 2.45) is 10.8 Å². The minimum absolute atomic E-state index is 0.0277. The third-order valence-electron chi connectivity index (χ3n) is 14.7. The summed E-state index contributed by atoms with van der Waals surface area (Å²) in [5, 5.41) is 23.0. The van der Waals surface area contributed by atoms with Crippen LogP contribution in [0.1, 0.15) is 144 Å². The van der Waals surface area contributed by atoms with Gasteiger partial charge < -0.3 is 40.7 Å². The monoisotopic (exact) mass is 1010 g/mol. The van der Waals surface area contributed by atoms with Crippen molar-refractivity contribution in [3.8, 4) is 0 Å². The van der Waals surface area contributed by atoms with E-state index in [-0.39, 0.29) is 59.3 Å². The standard InChI is InChI=1S/C56H90F2N8O6/c1-39(59-9)51(69)61-49(55(3,4)5)53(71)65-33-21-25-43(65)37-63(35-31-41-23-17-19-27-45(41)57)47(67)29-15-13-11-12-14-16-30-48(68)64(36-32-42-24-18-20-28-46(42)58)38-44-26-22-34-66(44)54(72)50(56(6,7)8)62-52(70)40(2)60-10/h17-20,23-24,27-28,39-40,43-44,49-51,59-61,69H,11-16,21-22,25-26,29-38H2,1-10H3,(H,62,70)/t39-,40-,43-,44-,49+,50+,51?/m0/s1. The Morgan fingerprint density at radius 1 is 0.653 bits per heavy atom. The number of hydrogen-bond donors (Lipinski definition) is 5. The van der Waals surface area contributed by atoms with Gasteiger partial charge >= 0.3 is 0 Å². The summed E-state index contributed by atoms with van der Waals surface area (Å²) in [6.07, 6.45) is 8.18. The lowest BCUT2D eigenvalue weighted by molar-refractivity contribution is -0.142. The third kappa shape index (κ3) is 18.2. The van der Waals surface area contributed by atoms with Crippen LogP contribution in [0.2, 0.25) is 0 Å². The molecule has 4 rings (SSSR count). The molecule has 2 aliphatic rings. The number of likely N-dealkylation sites (tertiary alicyclic amines) is 2. The number of aliphatic hydroxyl groups is 1. The van der Waals surface area contributed by atoms with Crippen LogP contribution in [0, 0.1) is 22.5 Å². The summed E-state index contributed by atoms with van der Waals surface area (Å²) in [6, 6.07) is 10.6. The molecule has 404 valence electrons. The fraction of sp³-hybridized carbons (Fsp3) is 0.696. The summed E-state index contributed by atoms with van der Waals surface area (Å²) in [6.45, 7) is 17.7. The van der Waals surface area contributed by atoms with Gasteiger partial charge in [-0.05, 0) is 113 Å². The molecule has 14 nitrogen and oxygen atoms in total. The number of hydrogen-bond acceptors (Lipinski definition) is 9. The lowest BCUT2D eigenvalue weighted by Gasteiger charge is -2.39. The van der Waals surface area contributed by atoms with Crippen LogP contribution >= 0.6 is 0 Å². The summed E-state index contributed by atoms with van der Waals surface area (Å²) in [7, 11) is 3.45. The molecule has 0 spiro atoms. The highest BCUT2D eigenvalue weighted by Crippen LogP contribution is 2.29. The second kappa shape index (κ2) is 28.8. The molecule has 16 heteroatoms. The minimum Gasteiger partial charge on any atom is -0.377 e. The molecule has 1 unspecified atom stereocenters. The third-order valence-corrected chi connectivity index (χ3v) is 14.7. The zero-order valence-corrected chi connectivity index (χ0v) is 45.3. The van der Waals surface area contributed by atoms with Crippen LogP contribution in [0.15, 0.2) is 48.5 Å². The fourth-order valence-electron chi connectivity index (χ4n) is 9.81. The average Bonchev–Trinajstić information content (AvgIpc) is 4.02. The first kappa shape index (κ1) is 60.0. The predicted molar refractivity (Wildman–Crippen MR) is 281 cm³/mol. The highest BCUT2D eigenvalue weighted by Gasteiger charge is 2.42. The number of amides is 5. The van der Waals surface area contributed by atoms with E-state index in [1.165, 1.54) is 12.1 Å². The Bertz CT molecular complexity index is 2050. The van der Waals surface area contributed by atoms with Gasteiger partial charge in [0.25, 0.3) is 0 Å². The van der Waals surface area contributed by atoms with Gasteiger partial charge in [0, 0.05) is 70.2 Å². The first-order valence-corrected chi connectivity index (χ1v) is 26.8. The number of carbonyl (C=O) groups excluding carboxylic acids is 5. The molecule has 0 aliphatic carbocycles. The molecular formula is C56H90F2N8O6. The fourth-order valence-corrected chi connectivity index (χ4v) is 9.81. The number of halogens is 2. The molecular weight excluding hydrogens is 919 g/mol. The van der Waals surface area contributed by atoms with E-state index < -0.39 is 35.2 Å². The van der Waals surface area contributed by atoms with Crippen LogP contribution in [-0.4, -0.2) is 150 Å². The van der Waals surface area contributed by atoms with Crippen molar-refractivity contribution < 1.29 is 37.9 Å². The van der Waals surface area contributed by atoms with Gasteiger partial charge in [-0.15, -0.1) is 0 Å². The number of rotatable bonds is 28. The molecule has 2 fully saturated rings. The molecule has 2 aromatic rings. The van der Waals surface area contributed by atoms with E-state index in [0.29, 0.717) is 88.9 Å². The van der Waals surface area contributed by atoms with Gasteiger partial charge in [0.1, 0.15) is 23.9 Å². The van der Waals surface area contributed by atoms with Gasteiger partial charge in [0.05, 0.1) is 12.1 Å². The van der Waals surface area contributed by atoms with Crippen molar-refractivity contribution in [2.75, 3.05) is 53.4 Å². The molecule has 0 bridgehead atoms. The SMILES string of the molecule is CN[C@@H](C)C(=O)N[C@H](C(=O)N1CCC[C@H]1CN(CCc1ccccc1F)C(=O)CCCCCCCCC(=O)N(CCc1ccccc1F)C[C@@H]1CCCN1C(=O)[C@@H](NC(O)[C@H](C)NC)C(C)(C)C)C(C)(C)C. The molecule has 0 aromatic heterocycles. The molecule has 2 saturated heterocycles.